The molecule has 4 nitrogen and oxygen atoms in total. The van der Waals surface area contributed by atoms with Crippen molar-refractivity contribution in [3.8, 4) is 0 Å². The van der Waals surface area contributed by atoms with Gasteiger partial charge in [-0.2, -0.15) is 0 Å². The molecule has 0 heterocycles. The summed E-state index contributed by atoms with van der Waals surface area (Å²) >= 11 is 23.1. The maximum atomic E-state index is 12.6. The second-order valence-corrected chi connectivity index (χ2v) is 7.49. The van der Waals surface area contributed by atoms with Gasteiger partial charge in [0.25, 0.3) is 0 Å². The Morgan fingerprint density at radius 1 is 0.833 bits per heavy atom. The van der Waals surface area contributed by atoms with Crippen LogP contribution in [0.4, 0.5) is 5.69 Å². The maximum Gasteiger partial charge on any atom is 0.239 e. The van der Waals surface area contributed by atoms with Crippen LogP contribution in [0.1, 0.15) is 21.5 Å². The number of alkyl halides is 1. The first-order valence-corrected chi connectivity index (χ1v) is 10.4. The number of rotatable bonds is 5. The summed E-state index contributed by atoms with van der Waals surface area (Å²) in [5.41, 5.74) is 7.34. The molecule has 0 aliphatic carbocycles. The summed E-state index contributed by atoms with van der Waals surface area (Å²) in [7, 11) is 0. The van der Waals surface area contributed by atoms with Crippen molar-refractivity contribution in [3.63, 3.8) is 0 Å². The summed E-state index contributed by atoms with van der Waals surface area (Å²) in [6.07, 6.45) is 0. The van der Waals surface area contributed by atoms with Crippen molar-refractivity contribution in [1.82, 2.24) is 0 Å². The Morgan fingerprint density at radius 2 is 1.47 bits per heavy atom. The van der Waals surface area contributed by atoms with Crippen LogP contribution in [0.2, 0.25) is 15.1 Å². The number of nitrogens with one attached hydrogen (secondary N) is 1. The predicted octanol–water partition coefficient (Wildman–Crippen LogP) is 6.20. The van der Waals surface area contributed by atoms with Crippen molar-refractivity contribution < 1.29 is 9.59 Å². The predicted molar refractivity (Wildman–Crippen MR) is 125 cm³/mol. The summed E-state index contributed by atoms with van der Waals surface area (Å²) in [6, 6.07) is 18.8. The van der Waals surface area contributed by atoms with Gasteiger partial charge in [-0.05, 0) is 48.0 Å². The van der Waals surface area contributed by atoms with E-state index in [1.165, 1.54) is 0 Å². The zero-order valence-electron chi connectivity index (χ0n) is 15.7. The van der Waals surface area contributed by atoms with E-state index in [1.54, 1.807) is 42.5 Å². The third kappa shape index (κ3) is 6.73. The highest BCUT2D eigenvalue weighted by atomic mass is 35.5. The number of hydrogen-bond donors (Lipinski definition) is 2. The van der Waals surface area contributed by atoms with Gasteiger partial charge < -0.3 is 11.1 Å². The van der Waals surface area contributed by atoms with Gasteiger partial charge in [0, 0.05) is 22.2 Å². The molecule has 0 aliphatic rings. The van der Waals surface area contributed by atoms with Crippen molar-refractivity contribution in [2.45, 2.75) is 6.54 Å². The van der Waals surface area contributed by atoms with E-state index in [0.29, 0.717) is 22.8 Å². The molecule has 0 saturated carbocycles. The monoisotopic (exact) mass is 482 g/mol. The van der Waals surface area contributed by atoms with Gasteiger partial charge in [0.2, 0.25) is 5.91 Å². The molecule has 0 unspecified atom stereocenters. The molecule has 0 aliphatic heterocycles. The van der Waals surface area contributed by atoms with Crippen LogP contribution in [0, 0.1) is 0 Å². The molecule has 0 radical (unpaired) electrons. The number of carbonyl (C=O) groups excluding carboxylic acids is 2. The molecule has 3 aromatic rings. The lowest BCUT2D eigenvalue weighted by Gasteiger charge is -2.11. The van der Waals surface area contributed by atoms with Gasteiger partial charge in [0.05, 0.1) is 16.3 Å². The SMILES string of the molecule is NCc1ccccc1Cl.O=C(CCl)Nc1cccc(Cl)c1C(=O)c1ccc(Cl)cc1. The van der Waals surface area contributed by atoms with Crippen molar-refractivity contribution in [1.29, 1.82) is 0 Å². The molecule has 8 heteroatoms. The highest BCUT2D eigenvalue weighted by molar-refractivity contribution is 6.36. The number of benzene rings is 3. The molecule has 0 aromatic heterocycles. The first-order chi connectivity index (χ1) is 14.4. The van der Waals surface area contributed by atoms with E-state index in [1.807, 2.05) is 24.3 Å². The second kappa shape index (κ2) is 11.9. The van der Waals surface area contributed by atoms with Gasteiger partial charge in [-0.15, -0.1) is 11.6 Å². The first kappa shape index (κ1) is 24.2. The van der Waals surface area contributed by atoms with Crippen LogP contribution in [0.5, 0.6) is 0 Å². The standard InChI is InChI=1S/C15H10Cl3NO2.C7H8ClN/c16-8-13(20)19-12-3-1-2-11(18)14(12)15(21)9-4-6-10(17)7-5-9;8-7-4-2-1-3-6(7)5-9/h1-7H,8H2,(H,19,20);1-4H,5,9H2. The minimum absolute atomic E-state index is 0.207. The Kier molecular flexibility index (Phi) is 9.63. The zero-order valence-corrected chi connectivity index (χ0v) is 18.7. The Morgan fingerprint density at radius 3 is 2.03 bits per heavy atom. The zero-order chi connectivity index (χ0) is 22.1. The van der Waals surface area contributed by atoms with Gasteiger partial charge in [-0.3, -0.25) is 9.59 Å². The number of carbonyl (C=O) groups is 2. The van der Waals surface area contributed by atoms with Gasteiger partial charge in [0.15, 0.2) is 5.78 Å². The van der Waals surface area contributed by atoms with Crippen LogP contribution in [-0.2, 0) is 11.3 Å². The molecule has 3 aromatic carbocycles. The van der Waals surface area contributed by atoms with Gasteiger partial charge in [-0.25, -0.2) is 0 Å². The molecule has 0 atom stereocenters. The van der Waals surface area contributed by atoms with Crippen molar-refractivity contribution >= 4 is 63.8 Å². The molecule has 0 fully saturated rings. The number of hydrogen-bond acceptors (Lipinski definition) is 3. The molecule has 0 spiro atoms. The second-order valence-electron chi connectivity index (χ2n) is 5.98. The molecule has 0 saturated heterocycles. The molecule has 3 rings (SSSR count). The molecule has 30 heavy (non-hydrogen) atoms. The lowest BCUT2D eigenvalue weighted by Crippen LogP contribution is -2.16. The summed E-state index contributed by atoms with van der Waals surface area (Å²) in [4.78, 5) is 24.0. The van der Waals surface area contributed by atoms with Crippen LogP contribution in [0.25, 0.3) is 0 Å². The van der Waals surface area contributed by atoms with Crippen molar-refractivity contribution in [2.75, 3.05) is 11.2 Å². The lowest BCUT2D eigenvalue weighted by atomic mass is 10.0. The molecule has 0 bridgehead atoms. The van der Waals surface area contributed by atoms with Crippen LogP contribution in [0.15, 0.2) is 66.7 Å². The van der Waals surface area contributed by atoms with Gasteiger partial charge >= 0.3 is 0 Å². The minimum atomic E-state index is -0.413. The van der Waals surface area contributed by atoms with Crippen molar-refractivity contribution in [3.05, 3.63) is 98.5 Å². The summed E-state index contributed by atoms with van der Waals surface area (Å²) < 4.78 is 0. The molecule has 156 valence electrons. The fourth-order valence-electron chi connectivity index (χ4n) is 2.45. The molecule has 3 N–H and O–H groups in total. The third-order valence-corrected chi connectivity index (χ3v) is 5.10. The number of anilines is 1. The Bertz CT molecular complexity index is 1020. The van der Waals surface area contributed by atoms with E-state index in [4.69, 9.17) is 52.1 Å². The average molecular weight is 484 g/mol. The fourth-order valence-corrected chi connectivity index (χ4v) is 3.12. The molecule has 1 amide bonds. The van der Waals surface area contributed by atoms with Gasteiger partial charge in [0.1, 0.15) is 5.88 Å². The number of ketones is 1. The summed E-state index contributed by atoms with van der Waals surface area (Å²) in [6.45, 7) is 0.514. The van der Waals surface area contributed by atoms with Crippen LogP contribution >= 0.6 is 46.4 Å². The Balaban J connectivity index is 0.000000297. The molecular weight excluding hydrogens is 466 g/mol. The Labute approximate surface area is 194 Å². The summed E-state index contributed by atoms with van der Waals surface area (Å²) in [5.74, 6) is -0.924. The van der Waals surface area contributed by atoms with Crippen LogP contribution in [-0.4, -0.2) is 17.6 Å². The van der Waals surface area contributed by atoms with E-state index in [9.17, 15) is 9.59 Å². The number of halogens is 4. The smallest absolute Gasteiger partial charge is 0.239 e. The normalized spacial score (nSPS) is 10.0. The highest BCUT2D eigenvalue weighted by Crippen LogP contribution is 2.27. The van der Waals surface area contributed by atoms with E-state index in [2.05, 4.69) is 5.32 Å². The largest absolute Gasteiger partial charge is 0.326 e. The summed E-state index contributed by atoms with van der Waals surface area (Å²) in [5, 5.41) is 4.09. The first-order valence-electron chi connectivity index (χ1n) is 8.75. The van der Waals surface area contributed by atoms with E-state index in [0.717, 1.165) is 10.6 Å². The van der Waals surface area contributed by atoms with Crippen LogP contribution < -0.4 is 11.1 Å². The lowest BCUT2D eigenvalue weighted by molar-refractivity contribution is -0.113. The molecular formula is C22H18Cl4N2O2. The maximum absolute atomic E-state index is 12.6. The van der Waals surface area contributed by atoms with Crippen molar-refractivity contribution in [2.24, 2.45) is 5.73 Å². The van der Waals surface area contributed by atoms with Crippen LogP contribution in [0.3, 0.4) is 0 Å². The average Bonchev–Trinajstić information content (AvgIpc) is 2.75. The highest BCUT2D eigenvalue weighted by Gasteiger charge is 2.18. The fraction of sp³-hybridized carbons (Fsp3) is 0.0909. The van der Waals surface area contributed by atoms with E-state index in [-0.39, 0.29) is 22.2 Å². The number of amides is 1. The topological polar surface area (TPSA) is 72.2 Å². The van der Waals surface area contributed by atoms with E-state index < -0.39 is 5.91 Å². The Hall–Kier alpha value is -2.08. The third-order valence-electron chi connectivity index (χ3n) is 3.92. The van der Waals surface area contributed by atoms with Gasteiger partial charge in [-0.1, -0.05) is 59.1 Å². The minimum Gasteiger partial charge on any atom is -0.326 e. The van der Waals surface area contributed by atoms with E-state index >= 15 is 0 Å². The number of nitrogens with two attached hydrogens (primary N) is 1. The quantitative estimate of drug-likeness (QED) is 0.335.